The number of guanidine groups is 1. The summed E-state index contributed by atoms with van der Waals surface area (Å²) in [6, 6.07) is 12.1. The number of aromatic nitrogens is 3. The van der Waals surface area contributed by atoms with Gasteiger partial charge in [0.15, 0.2) is 5.96 Å². The first-order chi connectivity index (χ1) is 15.3. The molecular weight excluding hydrogens is 400 g/mol. The van der Waals surface area contributed by atoms with Crippen LogP contribution < -0.4 is 10.6 Å². The van der Waals surface area contributed by atoms with Crippen LogP contribution in [0, 0.1) is 6.92 Å². The fourth-order valence-electron chi connectivity index (χ4n) is 3.30. The predicted molar refractivity (Wildman–Crippen MR) is 129 cm³/mol. The molecule has 3 aromatic rings. The van der Waals surface area contributed by atoms with Crippen LogP contribution in [0.2, 0.25) is 0 Å². The SMILES string of the molecule is CCNC(=NCc1ccc(-n2ccnc2C)nc1)NCC(O)c1ccc(C(C)(C)C)cc1. The summed E-state index contributed by atoms with van der Waals surface area (Å²) >= 11 is 0. The summed E-state index contributed by atoms with van der Waals surface area (Å²) < 4.78 is 1.94. The van der Waals surface area contributed by atoms with Crippen molar-refractivity contribution in [1.29, 1.82) is 0 Å². The Morgan fingerprint density at radius 1 is 1.09 bits per heavy atom. The minimum Gasteiger partial charge on any atom is -0.387 e. The van der Waals surface area contributed by atoms with Crippen molar-refractivity contribution in [2.24, 2.45) is 4.99 Å². The minimum atomic E-state index is -0.618. The van der Waals surface area contributed by atoms with Crippen molar-refractivity contribution in [3.05, 3.63) is 77.5 Å². The highest BCUT2D eigenvalue weighted by Crippen LogP contribution is 2.23. The Balaban J connectivity index is 1.59. The number of nitrogens with one attached hydrogen (secondary N) is 2. The van der Waals surface area contributed by atoms with E-state index >= 15 is 0 Å². The second kappa shape index (κ2) is 10.4. The van der Waals surface area contributed by atoms with Crippen LogP contribution in [0.15, 0.2) is 60.0 Å². The number of pyridine rings is 1. The quantitative estimate of drug-likeness (QED) is 0.390. The van der Waals surface area contributed by atoms with Gasteiger partial charge in [-0.15, -0.1) is 0 Å². The largest absolute Gasteiger partial charge is 0.387 e. The molecule has 1 aromatic carbocycles. The van der Waals surface area contributed by atoms with E-state index in [4.69, 9.17) is 0 Å². The molecule has 0 saturated carbocycles. The smallest absolute Gasteiger partial charge is 0.191 e. The van der Waals surface area contributed by atoms with Crippen LogP contribution in [0.5, 0.6) is 0 Å². The molecule has 0 bridgehead atoms. The monoisotopic (exact) mass is 434 g/mol. The normalized spacial score (nSPS) is 13.1. The van der Waals surface area contributed by atoms with Gasteiger partial charge in [0.1, 0.15) is 11.6 Å². The second-order valence-electron chi connectivity index (χ2n) is 8.83. The van der Waals surface area contributed by atoms with Gasteiger partial charge in [-0.05, 0) is 42.0 Å². The molecule has 2 heterocycles. The third-order valence-corrected chi connectivity index (χ3v) is 5.27. The summed E-state index contributed by atoms with van der Waals surface area (Å²) in [4.78, 5) is 13.4. The Labute approximate surface area is 190 Å². The molecule has 0 fully saturated rings. The van der Waals surface area contributed by atoms with E-state index in [0.717, 1.165) is 29.3 Å². The van der Waals surface area contributed by atoms with Gasteiger partial charge in [-0.1, -0.05) is 51.1 Å². The Hall–Kier alpha value is -3.19. The van der Waals surface area contributed by atoms with E-state index in [1.165, 1.54) is 5.56 Å². The molecule has 0 aliphatic heterocycles. The molecule has 0 spiro atoms. The number of benzene rings is 1. The molecule has 0 saturated heterocycles. The number of imidazole rings is 1. The number of hydrogen-bond acceptors (Lipinski definition) is 4. The first-order valence-corrected chi connectivity index (χ1v) is 11.0. The topological polar surface area (TPSA) is 87.4 Å². The number of aliphatic hydroxyl groups excluding tert-OH is 1. The van der Waals surface area contributed by atoms with Crippen LogP contribution in [0.25, 0.3) is 5.82 Å². The van der Waals surface area contributed by atoms with E-state index in [-0.39, 0.29) is 5.41 Å². The molecule has 0 amide bonds. The molecule has 7 nitrogen and oxygen atoms in total. The highest BCUT2D eigenvalue weighted by molar-refractivity contribution is 5.79. The zero-order valence-electron chi connectivity index (χ0n) is 19.6. The van der Waals surface area contributed by atoms with E-state index < -0.39 is 6.10 Å². The van der Waals surface area contributed by atoms with Gasteiger partial charge in [0.05, 0.1) is 12.6 Å². The molecule has 0 aliphatic rings. The fourth-order valence-corrected chi connectivity index (χ4v) is 3.30. The van der Waals surface area contributed by atoms with Crippen molar-refractivity contribution < 1.29 is 5.11 Å². The van der Waals surface area contributed by atoms with E-state index in [1.54, 1.807) is 6.20 Å². The highest BCUT2D eigenvalue weighted by Gasteiger charge is 2.15. The van der Waals surface area contributed by atoms with E-state index in [1.807, 2.05) is 55.1 Å². The fraction of sp³-hybridized carbons (Fsp3) is 0.400. The van der Waals surface area contributed by atoms with Crippen molar-refractivity contribution in [2.75, 3.05) is 13.1 Å². The lowest BCUT2D eigenvalue weighted by Gasteiger charge is -2.20. The summed E-state index contributed by atoms with van der Waals surface area (Å²) in [7, 11) is 0. The first kappa shape index (κ1) is 23.5. The van der Waals surface area contributed by atoms with Crippen molar-refractivity contribution in [2.45, 2.75) is 52.7 Å². The molecule has 3 N–H and O–H groups in total. The van der Waals surface area contributed by atoms with E-state index in [9.17, 15) is 5.11 Å². The Bertz CT molecular complexity index is 1020. The zero-order valence-corrected chi connectivity index (χ0v) is 19.6. The number of nitrogens with zero attached hydrogens (tertiary/aromatic N) is 4. The maximum atomic E-state index is 10.6. The molecule has 1 unspecified atom stereocenters. The number of aliphatic imine (C=N–C) groups is 1. The van der Waals surface area contributed by atoms with E-state index in [0.29, 0.717) is 19.0 Å². The lowest BCUT2D eigenvalue weighted by molar-refractivity contribution is 0.181. The number of hydrogen-bond donors (Lipinski definition) is 3. The lowest BCUT2D eigenvalue weighted by atomic mass is 9.86. The van der Waals surface area contributed by atoms with Crippen molar-refractivity contribution in [1.82, 2.24) is 25.2 Å². The summed E-state index contributed by atoms with van der Waals surface area (Å²) in [5.74, 6) is 2.39. The summed E-state index contributed by atoms with van der Waals surface area (Å²) in [6.45, 7) is 12.1. The van der Waals surface area contributed by atoms with Crippen LogP contribution in [0.1, 0.15) is 56.3 Å². The molecule has 7 heteroatoms. The maximum Gasteiger partial charge on any atom is 0.191 e. The van der Waals surface area contributed by atoms with Crippen LogP contribution in [-0.2, 0) is 12.0 Å². The van der Waals surface area contributed by atoms with Crippen LogP contribution in [0.4, 0.5) is 0 Å². The van der Waals surface area contributed by atoms with Gasteiger partial charge in [0.25, 0.3) is 0 Å². The van der Waals surface area contributed by atoms with Crippen molar-refractivity contribution >= 4 is 5.96 Å². The number of aliphatic hydroxyl groups is 1. The molecule has 2 aromatic heterocycles. The van der Waals surface area contributed by atoms with Crippen LogP contribution >= 0.6 is 0 Å². The highest BCUT2D eigenvalue weighted by atomic mass is 16.3. The Kier molecular flexibility index (Phi) is 7.64. The maximum absolute atomic E-state index is 10.6. The molecule has 0 aliphatic carbocycles. The summed E-state index contributed by atoms with van der Waals surface area (Å²) in [5.41, 5.74) is 3.23. The average molecular weight is 435 g/mol. The minimum absolute atomic E-state index is 0.0945. The van der Waals surface area contributed by atoms with Crippen LogP contribution in [-0.4, -0.2) is 38.7 Å². The van der Waals surface area contributed by atoms with Crippen molar-refractivity contribution in [3.63, 3.8) is 0 Å². The van der Waals surface area contributed by atoms with Gasteiger partial charge >= 0.3 is 0 Å². The number of rotatable bonds is 7. The third kappa shape index (κ3) is 6.17. The first-order valence-electron chi connectivity index (χ1n) is 11.0. The zero-order chi connectivity index (χ0) is 23.1. The molecule has 32 heavy (non-hydrogen) atoms. The van der Waals surface area contributed by atoms with Gasteiger partial charge in [-0.25, -0.2) is 15.0 Å². The molecule has 0 radical (unpaired) electrons. The number of aryl methyl sites for hydroxylation is 1. The Morgan fingerprint density at radius 2 is 1.84 bits per heavy atom. The molecular formula is C25H34N6O. The third-order valence-electron chi connectivity index (χ3n) is 5.27. The van der Waals surface area contributed by atoms with Gasteiger partial charge in [-0.3, -0.25) is 4.57 Å². The predicted octanol–water partition coefficient (Wildman–Crippen LogP) is 3.66. The molecule has 170 valence electrons. The van der Waals surface area contributed by atoms with Gasteiger partial charge in [0.2, 0.25) is 0 Å². The second-order valence-corrected chi connectivity index (χ2v) is 8.83. The summed E-state index contributed by atoms with van der Waals surface area (Å²) in [6.07, 6.45) is 4.86. The van der Waals surface area contributed by atoms with Crippen LogP contribution in [0.3, 0.4) is 0 Å². The van der Waals surface area contributed by atoms with E-state index in [2.05, 4.69) is 58.5 Å². The Morgan fingerprint density at radius 3 is 2.41 bits per heavy atom. The van der Waals surface area contributed by atoms with Gasteiger partial charge in [0, 0.05) is 31.7 Å². The molecule has 3 rings (SSSR count). The standard InChI is InChI=1S/C25H34N6O/c1-6-26-24(30-17-22(32)20-8-10-21(11-9-20)25(3,4)5)29-16-19-7-12-23(28-15-19)31-14-13-27-18(31)2/h7-15,22,32H,6,16-17H2,1-5H3,(H2,26,29,30). The molecule has 1 atom stereocenters. The van der Waals surface area contributed by atoms with Gasteiger partial charge < -0.3 is 15.7 Å². The summed E-state index contributed by atoms with van der Waals surface area (Å²) in [5, 5.41) is 17.1. The van der Waals surface area contributed by atoms with Crippen molar-refractivity contribution in [3.8, 4) is 5.82 Å². The average Bonchev–Trinajstić information content (AvgIpc) is 3.21. The van der Waals surface area contributed by atoms with Gasteiger partial charge in [-0.2, -0.15) is 0 Å². The lowest BCUT2D eigenvalue weighted by Crippen LogP contribution is -2.39.